The number of nitrogens with zero attached hydrogens (tertiary/aromatic N) is 3. The summed E-state index contributed by atoms with van der Waals surface area (Å²) in [5.74, 6) is 0.277. The molecule has 2 N–H and O–H groups in total. The summed E-state index contributed by atoms with van der Waals surface area (Å²) in [4.78, 5) is 10.9. The molecule has 1 amide bonds. The molecule has 2 aromatic rings. The molecule has 0 fully saturated rings. The average molecular weight is 220 g/mol. The van der Waals surface area contributed by atoms with Crippen molar-refractivity contribution >= 4 is 5.91 Å². The molecule has 0 radical (unpaired) electrons. The highest BCUT2D eigenvalue weighted by Gasteiger charge is 2.11. The molecule has 0 aliphatic heterocycles. The molecule has 2 rings (SSSR count). The lowest BCUT2D eigenvalue weighted by atomic mass is 10.2. The Bertz CT molecular complexity index is 507. The number of aryl methyl sites for hydroxylation is 2. The van der Waals surface area contributed by atoms with Crippen molar-refractivity contribution < 1.29 is 9.32 Å². The number of primary amides is 1. The summed E-state index contributed by atoms with van der Waals surface area (Å²) in [7, 11) is 0. The third-order valence-electron chi connectivity index (χ3n) is 2.42. The van der Waals surface area contributed by atoms with Gasteiger partial charge in [0, 0.05) is 11.8 Å². The molecule has 0 unspecified atom stereocenters. The zero-order chi connectivity index (χ0) is 11.7. The van der Waals surface area contributed by atoms with Crippen LogP contribution in [-0.4, -0.2) is 20.8 Å². The van der Waals surface area contributed by atoms with Crippen LogP contribution >= 0.6 is 0 Å². The Morgan fingerprint density at radius 2 is 2.31 bits per heavy atom. The van der Waals surface area contributed by atoms with Gasteiger partial charge in [-0.15, -0.1) is 0 Å². The Morgan fingerprint density at radius 3 is 2.81 bits per heavy atom. The zero-order valence-corrected chi connectivity index (χ0v) is 9.10. The van der Waals surface area contributed by atoms with Gasteiger partial charge in [-0.25, -0.2) is 0 Å². The fourth-order valence-corrected chi connectivity index (χ4v) is 1.47. The Balaban J connectivity index is 2.24. The van der Waals surface area contributed by atoms with Crippen LogP contribution in [0.25, 0.3) is 0 Å². The van der Waals surface area contributed by atoms with Crippen molar-refractivity contribution in [2.75, 3.05) is 0 Å². The first-order chi connectivity index (χ1) is 7.58. The normalized spacial score (nSPS) is 10.6. The topological polar surface area (TPSA) is 86.9 Å². The number of carbonyl (C=O) groups excluding carboxylic acids is 1. The molecule has 0 spiro atoms. The van der Waals surface area contributed by atoms with E-state index < -0.39 is 5.91 Å². The van der Waals surface area contributed by atoms with Crippen molar-refractivity contribution in [1.82, 2.24) is 14.9 Å². The molecule has 0 aliphatic rings. The quantitative estimate of drug-likeness (QED) is 0.822. The van der Waals surface area contributed by atoms with Crippen LogP contribution in [0.4, 0.5) is 0 Å². The molecule has 0 aromatic carbocycles. The molecule has 6 heteroatoms. The lowest BCUT2D eigenvalue weighted by molar-refractivity contribution is 0.1000. The predicted octanol–water partition coefficient (Wildman–Crippen LogP) is 0.635. The van der Waals surface area contributed by atoms with E-state index in [1.54, 1.807) is 10.9 Å². The van der Waals surface area contributed by atoms with Gasteiger partial charge in [0.25, 0.3) is 5.91 Å². The molecular formula is C10H12N4O2. The Hall–Kier alpha value is -2.11. The van der Waals surface area contributed by atoms with Crippen LogP contribution in [0.3, 0.4) is 0 Å². The lowest BCUT2D eigenvalue weighted by Gasteiger charge is -1.99. The highest BCUT2D eigenvalue weighted by Crippen LogP contribution is 2.13. The Labute approximate surface area is 92.0 Å². The number of amides is 1. The van der Waals surface area contributed by atoms with Crippen molar-refractivity contribution in [3.8, 4) is 0 Å². The minimum atomic E-state index is -0.481. The third-order valence-corrected chi connectivity index (χ3v) is 2.42. The van der Waals surface area contributed by atoms with E-state index in [0.29, 0.717) is 12.1 Å². The van der Waals surface area contributed by atoms with Crippen molar-refractivity contribution in [1.29, 1.82) is 0 Å². The van der Waals surface area contributed by atoms with E-state index in [-0.39, 0.29) is 0 Å². The van der Waals surface area contributed by atoms with Gasteiger partial charge in [0.05, 0.1) is 24.0 Å². The maximum Gasteiger partial charge on any atom is 0.251 e. The summed E-state index contributed by atoms with van der Waals surface area (Å²) in [5, 5.41) is 7.89. The maximum atomic E-state index is 10.9. The average Bonchev–Trinajstić information content (AvgIpc) is 2.80. The molecule has 0 atom stereocenters. The smallest absolute Gasteiger partial charge is 0.251 e. The minimum absolute atomic E-state index is 0.395. The van der Waals surface area contributed by atoms with Crippen LogP contribution in [0.5, 0.6) is 0 Å². The summed E-state index contributed by atoms with van der Waals surface area (Å²) < 4.78 is 6.67. The van der Waals surface area contributed by atoms with E-state index in [9.17, 15) is 4.79 Å². The highest BCUT2D eigenvalue weighted by atomic mass is 16.5. The zero-order valence-electron chi connectivity index (χ0n) is 9.10. The van der Waals surface area contributed by atoms with E-state index in [4.69, 9.17) is 10.3 Å². The van der Waals surface area contributed by atoms with E-state index in [2.05, 4.69) is 10.3 Å². The fraction of sp³-hybridized carbons (Fsp3) is 0.300. The first-order valence-electron chi connectivity index (χ1n) is 4.82. The molecule has 2 heterocycles. The van der Waals surface area contributed by atoms with Gasteiger partial charge in [-0.05, 0) is 13.8 Å². The second-order valence-electron chi connectivity index (χ2n) is 3.59. The van der Waals surface area contributed by atoms with Gasteiger partial charge in [-0.2, -0.15) is 5.10 Å². The Morgan fingerprint density at radius 1 is 1.56 bits per heavy atom. The van der Waals surface area contributed by atoms with Gasteiger partial charge in [-0.1, -0.05) is 5.16 Å². The fourth-order valence-electron chi connectivity index (χ4n) is 1.47. The van der Waals surface area contributed by atoms with E-state index >= 15 is 0 Å². The third kappa shape index (κ3) is 1.81. The monoisotopic (exact) mass is 220 g/mol. The van der Waals surface area contributed by atoms with Crippen LogP contribution < -0.4 is 5.73 Å². The van der Waals surface area contributed by atoms with E-state index in [1.165, 1.54) is 6.20 Å². The predicted molar refractivity (Wildman–Crippen MR) is 55.8 cm³/mol. The van der Waals surface area contributed by atoms with Gasteiger partial charge < -0.3 is 10.3 Å². The first-order valence-corrected chi connectivity index (χ1v) is 4.82. The standard InChI is InChI=1S/C10H12N4O2/c1-6-9(7(2)16-13-6)5-14-4-8(3-12-14)10(11)15/h3-4H,5H2,1-2H3,(H2,11,15). The second kappa shape index (κ2) is 3.80. The Kier molecular flexibility index (Phi) is 2.47. The molecule has 16 heavy (non-hydrogen) atoms. The van der Waals surface area contributed by atoms with Crippen molar-refractivity contribution in [2.45, 2.75) is 20.4 Å². The lowest BCUT2D eigenvalue weighted by Crippen LogP contribution is -2.09. The largest absolute Gasteiger partial charge is 0.366 e. The van der Waals surface area contributed by atoms with E-state index in [1.807, 2.05) is 13.8 Å². The summed E-state index contributed by atoms with van der Waals surface area (Å²) >= 11 is 0. The molecule has 0 bridgehead atoms. The van der Waals surface area contributed by atoms with Gasteiger partial charge >= 0.3 is 0 Å². The molecule has 2 aromatic heterocycles. The minimum Gasteiger partial charge on any atom is -0.366 e. The van der Waals surface area contributed by atoms with Crippen LogP contribution in [-0.2, 0) is 6.54 Å². The molecule has 0 saturated heterocycles. The number of aromatic nitrogens is 3. The molecule has 0 saturated carbocycles. The van der Waals surface area contributed by atoms with Crippen molar-refractivity contribution in [2.24, 2.45) is 5.73 Å². The van der Waals surface area contributed by atoms with Crippen LogP contribution in [0.15, 0.2) is 16.9 Å². The SMILES string of the molecule is Cc1noc(C)c1Cn1cc(C(N)=O)cn1. The van der Waals surface area contributed by atoms with Gasteiger partial charge in [0.15, 0.2) is 0 Å². The van der Waals surface area contributed by atoms with Crippen LogP contribution in [0, 0.1) is 13.8 Å². The summed E-state index contributed by atoms with van der Waals surface area (Å²) in [6, 6.07) is 0. The molecule has 6 nitrogen and oxygen atoms in total. The maximum absolute atomic E-state index is 10.9. The van der Waals surface area contributed by atoms with Gasteiger partial charge in [0.1, 0.15) is 5.76 Å². The van der Waals surface area contributed by atoms with Gasteiger partial charge in [0.2, 0.25) is 0 Å². The van der Waals surface area contributed by atoms with Crippen molar-refractivity contribution in [3.05, 3.63) is 35.0 Å². The second-order valence-corrected chi connectivity index (χ2v) is 3.59. The van der Waals surface area contributed by atoms with Crippen LogP contribution in [0.2, 0.25) is 0 Å². The summed E-state index contributed by atoms with van der Waals surface area (Å²) in [6.45, 7) is 4.23. The first kappa shape index (κ1) is 10.4. The number of hydrogen-bond donors (Lipinski definition) is 1. The molecule has 84 valence electrons. The number of carbonyl (C=O) groups is 1. The molecule has 0 aliphatic carbocycles. The number of rotatable bonds is 3. The van der Waals surface area contributed by atoms with Gasteiger partial charge in [-0.3, -0.25) is 9.48 Å². The summed E-state index contributed by atoms with van der Waals surface area (Å²) in [5.41, 5.74) is 7.33. The highest BCUT2D eigenvalue weighted by molar-refractivity contribution is 5.92. The van der Waals surface area contributed by atoms with Crippen LogP contribution in [0.1, 0.15) is 27.4 Å². The van der Waals surface area contributed by atoms with Crippen molar-refractivity contribution in [3.63, 3.8) is 0 Å². The van der Waals surface area contributed by atoms with E-state index in [0.717, 1.165) is 17.0 Å². The molecular weight excluding hydrogens is 208 g/mol. The summed E-state index contributed by atoms with van der Waals surface area (Å²) in [6.07, 6.45) is 3.05. The number of hydrogen-bond acceptors (Lipinski definition) is 4. The number of nitrogens with two attached hydrogens (primary N) is 1.